The van der Waals surface area contributed by atoms with Crippen LogP contribution >= 0.6 is 0 Å². The van der Waals surface area contributed by atoms with Crippen LogP contribution in [0.25, 0.3) is 0 Å². The summed E-state index contributed by atoms with van der Waals surface area (Å²) < 4.78 is 37.7. The van der Waals surface area contributed by atoms with Crippen LogP contribution in [0.4, 0.5) is 18.9 Å². The molecule has 0 bridgehead atoms. The number of hydrogen-bond acceptors (Lipinski definition) is 3. The van der Waals surface area contributed by atoms with Gasteiger partial charge >= 0.3 is 6.18 Å². The molecule has 1 aromatic carbocycles. The van der Waals surface area contributed by atoms with E-state index in [4.69, 9.17) is 5.73 Å². The molecule has 0 aliphatic carbocycles. The molecule has 0 aromatic heterocycles. The van der Waals surface area contributed by atoms with Crippen LogP contribution in [0, 0.1) is 17.0 Å². The Bertz CT molecular complexity index is 429. The highest BCUT2D eigenvalue weighted by Gasteiger charge is 2.40. The Hall–Kier alpha value is -1.63. The number of nitro benzene ring substituents is 1. The van der Waals surface area contributed by atoms with Crippen LogP contribution in [0.15, 0.2) is 12.1 Å². The summed E-state index contributed by atoms with van der Waals surface area (Å²) >= 11 is 0. The molecule has 16 heavy (non-hydrogen) atoms. The molecule has 4 nitrogen and oxygen atoms in total. The first-order valence-electron chi connectivity index (χ1n) is 4.32. The van der Waals surface area contributed by atoms with Gasteiger partial charge in [-0.05, 0) is 18.1 Å². The van der Waals surface area contributed by atoms with Crippen LogP contribution in [0.3, 0.4) is 0 Å². The summed E-state index contributed by atoms with van der Waals surface area (Å²) in [5.74, 6) is 0. The van der Waals surface area contributed by atoms with Crippen molar-refractivity contribution in [3.63, 3.8) is 0 Å². The van der Waals surface area contributed by atoms with E-state index in [1.54, 1.807) is 0 Å². The summed E-state index contributed by atoms with van der Waals surface area (Å²) in [6.45, 7) is 1.13. The molecule has 1 rings (SSSR count). The summed E-state index contributed by atoms with van der Waals surface area (Å²) in [6, 6.07) is 2.06. The van der Waals surface area contributed by atoms with Gasteiger partial charge in [0.05, 0.1) is 4.92 Å². The molecule has 0 spiro atoms. The van der Waals surface area contributed by atoms with Crippen molar-refractivity contribution in [1.82, 2.24) is 0 Å². The average Bonchev–Trinajstić information content (AvgIpc) is 2.14. The Morgan fingerprint density at radius 1 is 1.44 bits per heavy atom. The van der Waals surface area contributed by atoms with Crippen LogP contribution in [0.5, 0.6) is 0 Å². The molecule has 0 unspecified atom stereocenters. The molecule has 0 heterocycles. The zero-order chi connectivity index (χ0) is 12.5. The van der Waals surface area contributed by atoms with Gasteiger partial charge < -0.3 is 5.73 Å². The van der Waals surface area contributed by atoms with Gasteiger partial charge in [0.2, 0.25) is 0 Å². The Labute approximate surface area is 89.0 Å². The quantitative estimate of drug-likeness (QED) is 0.630. The van der Waals surface area contributed by atoms with Crippen LogP contribution in [-0.4, -0.2) is 4.92 Å². The zero-order valence-electron chi connectivity index (χ0n) is 8.34. The fraction of sp³-hybridized carbons (Fsp3) is 0.333. The fourth-order valence-electron chi connectivity index (χ4n) is 1.47. The molecule has 0 atom stereocenters. The highest BCUT2D eigenvalue weighted by Crippen LogP contribution is 2.38. The molecule has 88 valence electrons. The molecule has 0 fully saturated rings. The molecule has 0 amide bonds. The molecule has 2 N–H and O–H groups in total. The van der Waals surface area contributed by atoms with Gasteiger partial charge in [-0.25, -0.2) is 0 Å². The second-order valence-electron chi connectivity index (χ2n) is 3.27. The molecule has 0 aliphatic heterocycles. The Kier molecular flexibility index (Phi) is 3.18. The summed E-state index contributed by atoms with van der Waals surface area (Å²) in [5.41, 5.74) is 3.19. The van der Waals surface area contributed by atoms with E-state index in [-0.39, 0.29) is 12.1 Å². The monoisotopic (exact) mass is 234 g/mol. The van der Waals surface area contributed by atoms with Crippen LogP contribution in [0.2, 0.25) is 0 Å². The van der Waals surface area contributed by atoms with Crippen molar-refractivity contribution in [3.05, 3.63) is 38.9 Å². The number of rotatable bonds is 2. The Balaban J connectivity index is 3.53. The number of hydrogen-bond donors (Lipinski definition) is 1. The standard InChI is InChI=1S/C9H9F3N2O2/c1-5-2-6(4-13)3-7(14(15)16)8(5)9(10,11)12/h2-3H,4,13H2,1H3. The third-order valence-corrected chi connectivity index (χ3v) is 2.09. The lowest BCUT2D eigenvalue weighted by atomic mass is 10.0. The molecule has 7 heteroatoms. The van der Waals surface area contributed by atoms with Crippen molar-refractivity contribution in [3.8, 4) is 0 Å². The van der Waals surface area contributed by atoms with Crippen molar-refractivity contribution in [1.29, 1.82) is 0 Å². The van der Waals surface area contributed by atoms with E-state index < -0.39 is 22.4 Å². The van der Waals surface area contributed by atoms with Crippen LogP contribution < -0.4 is 5.73 Å². The second kappa shape index (κ2) is 4.09. The van der Waals surface area contributed by atoms with Gasteiger partial charge in [0.1, 0.15) is 5.56 Å². The normalized spacial score (nSPS) is 11.6. The largest absolute Gasteiger partial charge is 0.423 e. The van der Waals surface area contributed by atoms with E-state index in [1.807, 2.05) is 0 Å². The minimum Gasteiger partial charge on any atom is -0.326 e. The maximum atomic E-state index is 12.6. The number of alkyl halides is 3. The van der Waals surface area contributed by atoms with E-state index in [2.05, 4.69) is 0 Å². The Morgan fingerprint density at radius 2 is 2.00 bits per heavy atom. The summed E-state index contributed by atoms with van der Waals surface area (Å²) in [6.07, 6.45) is -4.74. The predicted molar refractivity (Wildman–Crippen MR) is 50.7 cm³/mol. The third kappa shape index (κ3) is 2.30. The number of nitro groups is 1. The van der Waals surface area contributed by atoms with Crippen molar-refractivity contribution >= 4 is 5.69 Å². The van der Waals surface area contributed by atoms with Gasteiger partial charge in [-0.1, -0.05) is 6.07 Å². The highest BCUT2D eigenvalue weighted by molar-refractivity contribution is 5.50. The lowest BCUT2D eigenvalue weighted by Gasteiger charge is -2.11. The van der Waals surface area contributed by atoms with E-state index in [0.29, 0.717) is 5.56 Å². The summed E-state index contributed by atoms with van der Waals surface area (Å²) in [7, 11) is 0. The molecule has 0 radical (unpaired) electrons. The van der Waals surface area contributed by atoms with Gasteiger partial charge in [0.25, 0.3) is 5.69 Å². The summed E-state index contributed by atoms with van der Waals surface area (Å²) in [5, 5.41) is 10.6. The lowest BCUT2D eigenvalue weighted by Crippen LogP contribution is -2.12. The third-order valence-electron chi connectivity index (χ3n) is 2.09. The topological polar surface area (TPSA) is 69.2 Å². The highest BCUT2D eigenvalue weighted by atomic mass is 19.4. The van der Waals surface area contributed by atoms with Crippen LogP contribution in [0.1, 0.15) is 16.7 Å². The minimum absolute atomic E-state index is 0.0418. The van der Waals surface area contributed by atoms with Crippen molar-refractivity contribution < 1.29 is 18.1 Å². The summed E-state index contributed by atoms with van der Waals surface area (Å²) in [4.78, 5) is 9.51. The fourth-order valence-corrected chi connectivity index (χ4v) is 1.47. The number of aryl methyl sites for hydroxylation is 1. The average molecular weight is 234 g/mol. The molecule has 0 saturated carbocycles. The van der Waals surface area contributed by atoms with Gasteiger partial charge in [-0.15, -0.1) is 0 Å². The molecule has 0 saturated heterocycles. The van der Waals surface area contributed by atoms with Crippen molar-refractivity contribution in [2.45, 2.75) is 19.6 Å². The van der Waals surface area contributed by atoms with E-state index in [0.717, 1.165) is 6.07 Å². The van der Waals surface area contributed by atoms with Crippen LogP contribution in [-0.2, 0) is 12.7 Å². The minimum atomic E-state index is -4.74. The zero-order valence-corrected chi connectivity index (χ0v) is 8.34. The van der Waals surface area contributed by atoms with Gasteiger partial charge in [-0.2, -0.15) is 13.2 Å². The second-order valence-corrected chi connectivity index (χ2v) is 3.27. The molecular weight excluding hydrogens is 225 g/mol. The van der Waals surface area contributed by atoms with E-state index in [1.165, 1.54) is 13.0 Å². The van der Waals surface area contributed by atoms with Gasteiger partial charge in [-0.3, -0.25) is 10.1 Å². The maximum absolute atomic E-state index is 12.6. The lowest BCUT2D eigenvalue weighted by molar-refractivity contribution is -0.388. The van der Waals surface area contributed by atoms with Gasteiger partial charge in [0, 0.05) is 12.6 Å². The number of benzene rings is 1. The molecule has 0 aliphatic rings. The van der Waals surface area contributed by atoms with Crippen molar-refractivity contribution in [2.75, 3.05) is 0 Å². The van der Waals surface area contributed by atoms with Gasteiger partial charge in [0.15, 0.2) is 0 Å². The van der Waals surface area contributed by atoms with E-state index >= 15 is 0 Å². The van der Waals surface area contributed by atoms with Crippen molar-refractivity contribution in [2.24, 2.45) is 5.73 Å². The smallest absolute Gasteiger partial charge is 0.326 e. The predicted octanol–water partition coefficient (Wildman–Crippen LogP) is 2.38. The van der Waals surface area contributed by atoms with E-state index in [9.17, 15) is 23.3 Å². The number of nitrogens with two attached hydrogens (primary N) is 1. The number of halogens is 3. The molecule has 1 aromatic rings. The Morgan fingerprint density at radius 3 is 2.38 bits per heavy atom. The maximum Gasteiger partial charge on any atom is 0.423 e. The first kappa shape index (κ1) is 12.4. The first-order valence-corrected chi connectivity index (χ1v) is 4.32. The number of nitrogens with zero attached hydrogens (tertiary/aromatic N) is 1. The SMILES string of the molecule is Cc1cc(CN)cc([N+](=O)[O-])c1C(F)(F)F. The first-order chi connectivity index (χ1) is 7.27. The molecular formula is C9H9F3N2O2.